The number of carbonyl (C=O) groups is 4. The molecule has 0 atom stereocenters. The maximum Gasteiger partial charge on any atom is 0.285 e. The van der Waals surface area contributed by atoms with E-state index in [1.54, 1.807) is 48.2 Å². The minimum Gasteiger partial charge on any atom is -0.278 e. The van der Waals surface area contributed by atoms with Gasteiger partial charge in [-0.05, 0) is 35.8 Å². The predicted molar refractivity (Wildman–Crippen MR) is 148 cm³/mol. The Kier molecular flexibility index (Phi) is 15.1. The summed E-state index contributed by atoms with van der Waals surface area (Å²) in [5.41, 5.74) is 1.34. The number of carbonyl (C=O) groups excluding carboxylic acids is 4. The van der Waals surface area contributed by atoms with Gasteiger partial charge in [0.25, 0.3) is 23.6 Å². The standard InChI is InChI=1S/C12H13NO3S.C8H5NO3.C4H9BrS.CH3F/c1-2-17-8-7-16-13-11(14)9-5-3-4-6-10(9)12(13)15;10-7-5-3-1-2-4-6(5)8(11)9(7)12;1-2-6-4-3-5;1-2/h3-6H,2,7-8H2,1H3;1-4,12H;2-4H2,1H3;1H3/i;;;1D. The van der Waals surface area contributed by atoms with Crippen LogP contribution >= 0.6 is 39.5 Å². The Morgan fingerprint density at radius 3 is 1.57 bits per heavy atom. The molecular weight excluding hydrogens is 587 g/mol. The van der Waals surface area contributed by atoms with Gasteiger partial charge in [0.2, 0.25) is 0 Å². The van der Waals surface area contributed by atoms with Crippen LogP contribution in [0.25, 0.3) is 0 Å². The Hall–Kier alpha value is -2.25. The van der Waals surface area contributed by atoms with Crippen LogP contribution in [0.4, 0.5) is 4.39 Å². The molecule has 0 aromatic heterocycles. The first kappa shape index (κ1) is 31.0. The smallest absolute Gasteiger partial charge is 0.278 e. The van der Waals surface area contributed by atoms with E-state index in [1.165, 1.54) is 23.6 Å². The number of amides is 4. The second kappa shape index (κ2) is 18.1. The summed E-state index contributed by atoms with van der Waals surface area (Å²) in [6.45, 7) is 4.59. The van der Waals surface area contributed by atoms with Gasteiger partial charge in [0.1, 0.15) is 0 Å². The lowest BCUT2D eigenvalue weighted by Crippen LogP contribution is -2.30. The highest BCUT2D eigenvalue weighted by molar-refractivity contribution is 9.09. The molecule has 0 saturated carbocycles. The van der Waals surface area contributed by atoms with E-state index in [9.17, 15) is 23.6 Å². The third kappa shape index (κ3) is 9.22. The molecule has 4 rings (SSSR count). The molecule has 0 saturated heterocycles. The maximum atomic E-state index is 11.8. The summed E-state index contributed by atoms with van der Waals surface area (Å²) in [7, 11) is -1.00. The molecule has 1 N–H and O–H groups in total. The Labute approximate surface area is 234 Å². The fourth-order valence-electron chi connectivity index (χ4n) is 2.99. The summed E-state index contributed by atoms with van der Waals surface area (Å²) in [6.07, 6.45) is 0. The summed E-state index contributed by atoms with van der Waals surface area (Å²) < 4.78 is 15.5. The van der Waals surface area contributed by atoms with Crippen LogP contribution < -0.4 is 0 Å². The lowest BCUT2D eigenvalue weighted by atomic mass is 10.1. The minimum absolute atomic E-state index is 0.130. The van der Waals surface area contributed by atoms with Gasteiger partial charge in [0, 0.05) is 16.8 Å². The zero-order chi connectivity index (χ0) is 28.5. The van der Waals surface area contributed by atoms with Gasteiger partial charge in [-0.2, -0.15) is 23.5 Å². The molecule has 2 aromatic rings. The van der Waals surface area contributed by atoms with Crippen molar-refractivity contribution in [2.75, 3.05) is 42.1 Å². The highest BCUT2D eigenvalue weighted by Gasteiger charge is 2.36. The first-order chi connectivity index (χ1) is 18.3. The Morgan fingerprint density at radius 1 is 0.838 bits per heavy atom. The Morgan fingerprint density at radius 2 is 1.22 bits per heavy atom. The third-order valence-electron chi connectivity index (χ3n) is 4.61. The quantitative estimate of drug-likeness (QED) is 0.183. The predicted octanol–water partition coefficient (Wildman–Crippen LogP) is 5.36. The molecule has 0 fully saturated rings. The molecule has 0 spiro atoms. The van der Waals surface area contributed by atoms with Crippen molar-refractivity contribution >= 4 is 63.1 Å². The van der Waals surface area contributed by atoms with Crippen molar-refractivity contribution in [2.24, 2.45) is 0 Å². The first-order valence-electron chi connectivity index (χ1n) is 11.8. The second-order valence-corrected chi connectivity index (χ2v) is 10.4. The molecule has 12 heteroatoms. The van der Waals surface area contributed by atoms with E-state index >= 15 is 0 Å². The zero-order valence-electron chi connectivity index (χ0n) is 21.5. The van der Waals surface area contributed by atoms with Crippen molar-refractivity contribution in [1.29, 1.82) is 0 Å². The van der Waals surface area contributed by atoms with Crippen molar-refractivity contribution < 1.29 is 35.0 Å². The molecule has 0 radical (unpaired) electrons. The van der Waals surface area contributed by atoms with Crippen LogP contribution in [-0.2, 0) is 4.84 Å². The number of alkyl halides is 2. The average molecular weight is 619 g/mol. The number of benzene rings is 2. The molecular formula is C25H30BrFN2O6S2. The molecule has 0 unspecified atom stereocenters. The molecule has 202 valence electrons. The van der Waals surface area contributed by atoms with Crippen molar-refractivity contribution in [1.82, 2.24) is 10.1 Å². The van der Waals surface area contributed by atoms with Crippen LogP contribution in [0.1, 0.15) is 56.7 Å². The molecule has 0 bridgehead atoms. The molecule has 2 aliphatic heterocycles. The SMILES string of the molecule is CCSCCBr.CCSCCON1C(=O)c2ccccc2C1=O.O=C1c2ccccc2C(=O)N1O.[2H]CF. The van der Waals surface area contributed by atoms with Crippen LogP contribution in [-0.4, -0.2) is 81.1 Å². The van der Waals surface area contributed by atoms with Gasteiger partial charge in [-0.1, -0.05) is 54.0 Å². The average Bonchev–Trinajstić information content (AvgIpc) is 3.31. The normalized spacial score (nSPS) is 13.5. The van der Waals surface area contributed by atoms with Crippen LogP contribution in [0.15, 0.2) is 48.5 Å². The monoisotopic (exact) mass is 617 g/mol. The van der Waals surface area contributed by atoms with E-state index in [0.717, 1.165) is 21.9 Å². The van der Waals surface area contributed by atoms with Crippen LogP contribution in [0, 0.1) is 0 Å². The summed E-state index contributed by atoms with van der Waals surface area (Å²) in [5.74, 6) is 2.20. The molecule has 2 aromatic carbocycles. The lowest BCUT2D eigenvalue weighted by Gasteiger charge is -2.12. The van der Waals surface area contributed by atoms with E-state index in [2.05, 4.69) is 22.9 Å². The van der Waals surface area contributed by atoms with Crippen molar-refractivity contribution in [3.8, 4) is 0 Å². The minimum atomic E-state index is -1.00. The summed E-state index contributed by atoms with van der Waals surface area (Å²) in [4.78, 5) is 51.0. The van der Waals surface area contributed by atoms with Gasteiger partial charge in [-0.15, -0.1) is 10.1 Å². The number of hydrogen-bond donors (Lipinski definition) is 1. The van der Waals surface area contributed by atoms with Crippen molar-refractivity contribution in [3.05, 3.63) is 70.8 Å². The number of rotatable bonds is 8. The number of thioether (sulfide) groups is 2. The van der Waals surface area contributed by atoms with Crippen LogP contribution in [0.5, 0.6) is 0 Å². The fraction of sp³-hybridized carbons (Fsp3) is 0.360. The van der Waals surface area contributed by atoms with E-state index in [-0.39, 0.29) is 28.0 Å². The van der Waals surface area contributed by atoms with Gasteiger partial charge < -0.3 is 0 Å². The van der Waals surface area contributed by atoms with E-state index in [1.807, 2.05) is 18.7 Å². The molecule has 8 nitrogen and oxygen atoms in total. The van der Waals surface area contributed by atoms with Crippen LogP contribution in [0.2, 0.25) is 0 Å². The molecule has 37 heavy (non-hydrogen) atoms. The van der Waals surface area contributed by atoms with Crippen molar-refractivity contribution in [2.45, 2.75) is 13.8 Å². The van der Waals surface area contributed by atoms with Crippen LogP contribution in [0.3, 0.4) is 0 Å². The molecule has 4 amide bonds. The highest BCUT2D eigenvalue weighted by atomic mass is 79.9. The van der Waals surface area contributed by atoms with Gasteiger partial charge >= 0.3 is 0 Å². The number of fused-ring (bicyclic) bond motifs is 2. The largest absolute Gasteiger partial charge is 0.285 e. The summed E-state index contributed by atoms with van der Waals surface area (Å²) in [5, 5.41) is 11.0. The highest BCUT2D eigenvalue weighted by Crippen LogP contribution is 2.22. The van der Waals surface area contributed by atoms with Gasteiger partial charge in [0.15, 0.2) is 0 Å². The van der Waals surface area contributed by atoms with E-state index < -0.39 is 19.0 Å². The maximum absolute atomic E-state index is 11.8. The van der Waals surface area contributed by atoms with Gasteiger partial charge in [-0.3, -0.25) is 33.6 Å². The van der Waals surface area contributed by atoms with Crippen molar-refractivity contribution in [3.63, 3.8) is 0 Å². The Balaban J connectivity index is 0.000000298. The lowest BCUT2D eigenvalue weighted by molar-refractivity contribution is -0.0852. The number of halogens is 2. The fourth-order valence-corrected chi connectivity index (χ4v) is 4.56. The number of imide groups is 2. The summed E-state index contributed by atoms with van der Waals surface area (Å²) >= 11 is 6.99. The third-order valence-corrected chi connectivity index (χ3v) is 7.29. The molecule has 0 aliphatic carbocycles. The zero-order valence-corrected chi connectivity index (χ0v) is 23.7. The number of nitrogens with zero attached hydrogens (tertiary/aromatic N) is 2. The number of hydroxylamine groups is 4. The van der Waals surface area contributed by atoms with Gasteiger partial charge in [0.05, 0.1) is 37.4 Å². The Bertz CT molecular complexity index is 1010. The van der Waals surface area contributed by atoms with E-state index in [4.69, 9.17) is 11.4 Å². The summed E-state index contributed by atoms with van der Waals surface area (Å²) in [6, 6.07) is 13.0. The molecule has 2 aliphatic rings. The first-order valence-corrected chi connectivity index (χ1v) is 14.6. The number of hydrogen-bond acceptors (Lipinski definition) is 8. The van der Waals surface area contributed by atoms with E-state index in [0.29, 0.717) is 17.7 Å². The molecule has 2 heterocycles. The topological polar surface area (TPSA) is 104 Å². The van der Waals surface area contributed by atoms with Gasteiger partial charge in [-0.25, -0.2) is 0 Å². The second-order valence-electron chi connectivity index (χ2n) is 6.83.